The van der Waals surface area contributed by atoms with Gasteiger partial charge < -0.3 is 14.4 Å². The number of carbonyl (C=O) groups excluding carboxylic acids is 1. The topological polar surface area (TPSA) is 56.6 Å². The van der Waals surface area contributed by atoms with Gasteiger partial charge in [0.15, 0.2) is 0 Å². The highest BCUT2D eigenvalue weighted by molar-refractivity contribution is 5.75. The van der Waals surface area contributed by atoms with E-state index < -0.39 is 0 Å². The molecule has 2 rings (SSSR count). The molecule has 1 aliphatic heterocycles. The monoisotopic (exact) mass is 295 g/mol. The van der Waals surface area contributed by atoms with E-state index in [1.807, 2.05) is 31.6 Å². The lowest BCUT2D eigenvalue weighted by atomic mass is 10.2. The molecule has 0 aliphatic carbocycles. The second-order valence-electron chi connectivity index (χ2n) is 5.60. The van der Waals surface area contributed by atoms with Crippen LogP contribution in [0.3, 0.4) is 0 Å². The van der Waals surface area contributed by atoms with Gasteiger partial charge >= 0.3 is 0 Å². The molecule has 0 saturated carbocycles. The van der Waals surface area contributed by atoms with Gasteiger partial charge in [-0.15, -0.1) is 0 Å². The van der Waals surface area contributed by atoms with Crippen LogP contribution in [0.1, 0.15) is 24.2 Å². The first-order chi connectivity index (χ1) is 10.1. The molecule has 21 heavy (non-hydrogen) atoms. The zero-order valence-electron chi connectivity index (χ0n) is 13.2. The first kappa shape index (κ1) is 16.0. The maximum atomic E-state index is 12.1. The third-order valence-electron chi connectivity index (χ3n) is 3.65. The number of amides is 1. The van der Waals surface area contributed by atoms with Crippen LogP contribution in [-0.2, 0) is 20.8 Å². The summed E-state index contributed by atoms with van der Waals surface area (Å²) in [6.07, 6.45) is 1.33. The molecule has 2 heterocycles. The van der Waals surface area contributed by atoms with Gasteiger partial charge in [0.2, 0.25) is 5.91 Å². The second-order valence-corrected chi connectivity index (χ2v) is 5.60. The van der Waals surface area contributed by atoms with Crippen molar-refractivity contribution in [1.82, 2.24) is 14.7 Å². The van der Waals surface area contributed by atoms with Gasteiger partial charge in [0.1, 0.15) is 0 Å². The molecular weight excluding hydrogens is 270 g/mol. The van der Waals surface area contributed by atoms with Crippen LogP contribution in [0.2, 0.25) is 0 Å². The third kappa shape index (κ3) is 4.82. The normalized spacial score (nSPS) is 18.7. The van der Waals surface area contributed by atoms with Crippen LogP contribution in [0.4, 0.5) is 0 Å². The molecule has 1 saturated heterocycles. The van der Waals surface area contributed by atoms with Gasteiger partial charge in [-0.25, -0.2) is 0 Å². The first-order valence-corrected chi connectivity index (χ1v) is 7.50. The number of hydrogen-bond donors (Lipinski definition) is 0. The molecule has 1 aromatic rings. The van der Waals surface area contributed by atoms with Crippen LogP contribution in [0.5, 0.6) is 0 Å². The largest absolute Gasteiger partial charge is 0.376 e. The van der Waals surface area contributed by atoms with Gasteiger partial charge in [-0.1, -0.05) is 0 Å². The Hall–Kier alpha value is -1.40. The highest BCUT2D eigenvalue weighted by Gasteiger charge is 2.19. The van der Waals surface area contributed by atoms with Gasteiger partial charge in [0, 0.05) is 32.3 Å². The second kappa shape index (κ2) is 7.56. The van der Waals surface area contributed by atoms with Crippen molar-refractivity contribution in [2.75, 3.05) is 33.4 Å². The Balaban J connectivity index is 1.69. The molecule has 0 radical (unpaired) electrons. The molecule has 6 nitrogen and oxygen atoms in total. The van der Waals surface area contributed by atoms with Crippen molar-refractivity contribution in [1.29, 1.82) is 0 Å². The van der Waals surface area contributed by atoms with E-state index in [4.69, 9.17) is 9.47 Å². The molecule has 0 N–H and O–H groups in total. The van der Waals surface area contributed by atoms with E-state index in [1.54, 1.807) is 4.90 Å². The minimum Gasteiger partial charge on any atom is -0.376 e. The number of likely N-dealkylation sites (N-methyl/N-ethyl adjacent to an activating group) is 1. The van der Waals surface area contributed by atoms with Gasteiger partial charge in [0.25, 0.3) is 0 Å². The SMILES string of the molecule is Cc1cc(C)n(CCCC(=O)N(C)C[C@@H]2COCCO2)n1. The van der Waals surface area contributed by atoms with E-state index >= 15 is 0 Å². The van der Waals surface area contributed by atoms with Crippen molar-refractivity contribution in [3.8, 4) is 0 Å². The summed E-state index contributed by atoms with van der Waals surface area (Å²) in [6.45, 7) is 7.23. The molecule has 1 amide bonds. The number of hydrogen-bond acceptors (Lipinski definition) is 4. The summed E-state index contributed by atoms with van der Waals surface area (Å²) in [6, 6.07) is 2.05. The number of rotatable bonds is 6. The summed E-state index contributed by atoms with van der Waals surface area (Å²) >= 11 is 0. The lowest BCUT2D eigenvalue weighted by molar-refractivity contribution is -0.136. The van der Waals surface area contributed by atoms with Crippen LogP contribution in [0.15, 0.2) is 6.07 Å². The fourth-order valence-electron chi connectivity index (χ4n) is 2.52. The van der Waals surface area contributed by atoms with Crippen LogP contribution in [0.25, 0.3) is 0 Å². The molecule has 0 aromatic carbocycles. The molecule has 1 atom stereocenters. The van der Waals surface area contributed by atoms with Crippen molar-refractivity contribution in [3.05, 3.63) is 17.5 Å². The summed E-state index contributed by atoms with van der Waals surface area (Å²) in [7, 11) is 1.82. The maximum absolute atomic E-state index is 12.1. The fourth-order valence-corrected chi connectivity index (χ4v) is 2.52. The first-order valence-electron chi connectivity index (χ1n) is 7.50. The molecule has 0 unspecified atom stereocenters. The van der Waals surface area contributed by atoms with Crippen LogP contribution < -0.4 is 0 Å². The number of ether oxygens (including phenoxy) is 2. The minimum absolute atomic E-state index is 0.00343. The van der Waals surface area contributed by atoms with Crippen molar-refractivity contribution < 1.29 is 14.3 Å². The Morgan fingerprint density at radius 2 is 2.29 bits per heavy atom. The molecule has 0 spiro atoms. The molecule has 6 heteroatoms. The summed E-state index contributed by atoms with van der Waals surface area (Å²) in [5, 5.41) is 4.40. The molecular formula is C15H25N3O3. The van der Waals surface area contributed by atoms with Crippen molar-refractivity contribution >= 4 is 5.91 Å². The summed E-state index contributed by atoms with van der Waals surface area (Å²) in [4.78, 5) is 13.8. The van der Waals surface area contributed by atoms with Crippen LogP contribution in [-0.4, -0.2) is 60.1 Å². The van der Waals surface area contributed by atoms with E-state index in [0.29, 0.717) is 32.8 Å². The van der Waals surface area contributed by atoms with E-state index in [-0.39, 0.29) is 12.0 Å². The highest BCUT2D eigenvalue weighted by atomic mass is 16.6. The number of carbonyl (C=O) groups is 1. The average molecular weight is 295 g/mol. The van der Waals surface area contributed by atoms with Crippen molar-refractivity contribution in [3.63, 3.8) is 0 Å². The van der Waals surface area contributed by atoms with Gasteiger partial charge in [-0.05, 0) is 26.3 Å². The molecule has 1 aromatic heterocycles. The lowest BCUT2D eigenvalue weighted by Crippen LogP contribution is -2.40. The number of aromatic nitrogens is 2. The van der Waals surface area contributed by atoms with E-state index in [2.05, 4.69) is 5.10 Å². The Labute approximate surface area is 126 Å². The zero-order chi connectivity index (χ0) is 15.2. The number of nitrogens with zero attached hydrogens (tertiary/aromatic N) is 3. The zero-order valence-corrected chi connectivity index (χ0v) is 13.2. The van der Waals surface area contributed by atoms with Crippen molar-refractivity contribution in [2.45, 2.75) is 39.3 Å². The van der Waals surface area contributed by atoms with E-state index in [9.17, 15) is 4.79 Å². The van der Waals surface area contributed by atoms with Gasteiger partial charge in [0.05, 0.1) is 31.6 Å². The van der Waals surface area contributed by atoms with E-state index in [0.717, 1.165) is 24.4 Å². The molecule has 1 aliphatic rings. The van der Waals surface area contributed by atoms with Gasteiger partial charge in [-0.2, -0.15) is 5.10 Å². The molecule has 118 valence electrons. The smallest absolute Gasteiger partial charge is 0.222 e. The predicted octanol–water partition coefficient (Wildman–Crippen LogP) is 1.15. The number of aryl methyl sites for hydroxylation is 3. The fraction of sp³-hybridized carbons (Fsp3) is 0.733. The Kier molecular flexibility index (Phi) is 5.76. The molecule has 0 bridgehead atoms. The third-order valence-corrected chi connectivity index (χ3v) is 3.65. The Morgan fingerprint density at radius 3 is 2.90 bits per heavy atom. The van der Waals surface area contributed by atoms with Gasteiger partial charge in [-0.3, -0.25) is 9.48 Å². The van der Waals surface area contributed by atoms with Crippen molar-refractivity contribution in [2.24, 2.45) is 0 Å². The quantitative estimate of drug-likeness (QED) is 0.790. The van der Waals surface area contributed by atoms with Crippen LogP contribution in [0, 0.1) is 13.8 Å². The highest BCUT2D eigenvalue weighted by Crippen LogP contribution is 2.07. The van der Waals surface area contributed by atoms with E-state index in [1.165, 1.54) is 0 Å². The Morgan fingerprint density at radius 1 is 1.48 bits per heavy atom. The predicted molar refractivity (Wildman–Crippen MR) is 79.1 cm³/mol. The molecule has 1 fully saturated rings. The average Bonchev–Trinajstić information content (AvgIpc) is 2.78. The minimum atomic E-state index is 0.00343. The summed E-state index contributed by atoms with van der Waals surface area (Å²) in [5.74, 6) is 0.144. The lowest BCUT2D eigenvalue weighted by Gasteiger charge is -2.27. The van der Waals surface area contributed by atoms with Crippen LogP contribution >= 0.6 is 0 Å². The Bertz CT molecular complexity index is 467. The summed E-state index contributed by atoms with van der Waals surface area (Å²) < 4.78 is 12.9. The maximum Gasteiger partial charge on any atom is 0.222 e. The standard InChI is InChI=1S/C15H25N3O3/c1-12-9-13(2)18(16-12)6-4-5-15(19)17(3)10-14-11-20-7-8-21-14/h9,14H,4-8,10-11H2,1-3H3/t14-/m1/s1. The summed E-state index contributed by atoms with van der Waals surface area (Å²) in [5.41, 5.74) is 2.16.